The van der Waals surface area contributed by atoms with Gasteiger partial charge in [-0.3, -0.25) is 4.98 Å². The maximum atomic E-state index is 16.8. The summed E-state index contributed by atoms with van der Waals surface area (Å²) in [5.41, 5.74) is 0.00895. The number of ether oxygens (including phenoxy) is 1. The van der Waals surface area contributed by atoms with Crippen LogP contribution < -0.4 is 4.74 Å². The highest BCUT2D eigenvalue weighted by Crippen LogP contribution is 2.57. The molecule has 4 aliphatic rings. The summed E-state index contributed by atoms with van der Waals surface area (Å²) in [7, 11) is 2.18. The number of phenolic OH excluding ortho intramolecular Hbond substituents is 1. The molecule has 9 heteroatoms. The smallest absolute Gasteiger partial charge is 0.317 e. The number of benzene rings is 2. The number of halogens is 2. The molecule has 0 spiro atoms. The molecular formula is C36H36F2N4O3. The van der Waals surface area contributed by atoms with E-state index in [9.17, 15) is 14.6 Å². The number of hydrogen-bond donors (Lipinski definition) is 2. The van der Waals surface area contributed by atoms with Crippen LogP contribution >= 0.6 is 0 Å². The first-order chi connectivity index (χ1) is 21.7. The number of pyridine rings is 1. The largest absolute Gasteiger partial charge is 0.508 e. The van der Waals surface area contributed by atoms with E-state index in [4.69, 9.17) is 16.1 Å². The highest BCUT2D eigenvalue weighted by molar-refractivity contribution is 6.02. The van der Waals surface area contributed by atoms with Gasteiger partial charge in [0, 0.05) is 39.9 Å². The molecule has 8 rings (SSSR count). The number of hydrogen-bond acceptors (Lipinski definition) is 7. The molecule has 2 N–H and O–H groups in total. The van der Waals surface area contributed by atoms with Crippen molar-refractivity contribution in [3.63, 3.8) is 0 Å². The van der Waals surface area contributed by atoms with Gasteiger partial charge in [0.1, 0.15) is 22.8 Å². The molecule has 0 bridgehead atoms. The van der Waals surface area contributed by atoms with Gasteiger partial charge in [-0.1, -0.05) is 18.4 Å². The minimum Gasteiger partial charge on any atom is -0.508 e. The first kappa shape index (κ1) is 28.6. The fourth-order valence-electron chi connectivity index (χ4n) is 8.91. The van der Waals surface area contributed by atoms with Gasteiger partial charge in [0.25, 0.3) is 0 Å². The van der Waals surface area contributed by atoms with Crippen LogP contribution in [0.3, 0.4) is 0 Å². The van der Waals surface area contributed by atoms with Crippen molar-refractivity contribution >= 4 is 21.7 Å². The Morgan fingerprint density at radius 3 is 2.78 bits per heavy atom. The number of aromatic hydroxyl groups is 1. The summed E-state index contributed by atoms with van der Waals surface area (Å²) in [6.45, 7) is 1.52. The lowest BCUT2D eigenvalue weighted by Gasteiger charge is -2.44. The average Bonchev–Trinajstić information content (AvgIpc) is 3.52. The monoisotopic (exact) mass is 610 g/mol. The average molecular weight is 611 g/mol. The summed E-state index contributed by atoms with van der Waals surface area (Å²) in [5, 5.41) is 22.8. The second-order valence-electron chi connectivity index (χ2n) is 13.9. The molecular weight excluding hydrogens is 574 g/mol. The fraction of sp³-hybridized carbons (Fsp3) is 0.472. The third-order valence-electron chi connectivity index (χ3n) is 11.3. The zero-order chi connectivity index (χ0) is 31.1. The van der Waals surface area contributed by atoms with Gasteiger partial charge in [-0.25, -0.2) is 8.78 Å². The van der Waals surface area contributed by atoms with Crippen molar-refractivity contribution in [1.82, 2.24) is 19.9 Å². The number of terminal acetylenes is 1. The summed E-state index contributed by atoms with van der Waals surface area (Å²) < 4.78 is 38.1. The molecule has 4 aromatic rings. The van der Waals surface area contributed by atoms with Crippen LogP contribution in [-0.4, -0.2) is 61.9 Å². The number of aliphatic hydroxyl groups is 1. The van der Waals surface area contributed by atoms with E-state index in [1.165, 1.54) is 24.3 Å². The highest BCUT2D eigenvalue weighted by Gasteiger charge is 2.56. The summed E-state index contributed by atoms with van der Waals surface area (Å²) in [6, 6.07) is 6.08. The number of aromatic nitrogens is 3. The number of fused-ring (bicyclic) bond motifs is 4. The standard InChI is InChI=1S/C36H36F2N4O3/c1-3-24-27(37)10-8-20-14-23(43)15-25(29(20)24)32-30(38)33-26(18-39-32)31(21-7-9-22-17-36(22,44)16-21)40-34(41-33)45-19-35-11-4-6-28(35)42(2)13-5-12-35/h1,8,10,14-15,18,21-22,28,43-44H,4-7,9,11-13,16-17,19H2,2H3. The number of likely N-dealkylation sites (tertiary alicyclic amines) is 1. The van der Waals surface area contributed by atoms with Gasteiger partial charge in [0.2, 0.25) is 0 Å². The molecule has 2 aromatic carbocycles. The Hall–Kier alpha value is -3.87. The third kappa shape index (κ3) is 4.56. The minimum atomic E-state index is -0.728. The first-order valence-corrected chi connectivity index (χ1v) is 16.0. The Morgan fingerprint density at radius 1 is 1.11 bits per heavy atom. The molecule has 7 nitrogen and oxygen atoms in total. The van der Waals surface area contributed by atoms with Gasteiger partial charge >= 0.3 is 6.01 Å². The number of rotatable bonds is 5. The lowest BCUT2D eigenvalue weighted by atomic mass is 9.76. The third-order valence-corrected chi connectivity index (χ3v) is 11.3. The lowest BCUT2D eigenvalue weighted by Crippen LogP contribution is -2.50. The predicted molar refractivity (Wildman–Crippen MR) is 167 cm³/mol. The van der Waals surface area contributed by atoms with E-state index in [0.717, 1.165) is 57.9 Å². The SMILES string of the molecule is C#Cc1c(F)ccc2cc(O)cc(-c3ncc4c(C5CCC6CC6(O)C5)nc(OCC56CCCC5N(C)CCC6)nc4c3F)c12. The van der Waals surface area contributed by atoms with Crippen LogP contribution in [0.25, 0.3) is 32.9 Å². The normalized spacial score (nSPS) is 29.4. The molecule has 4 fully saturated rings. The summed E-state index contributed by atoms with van der Waals surface area (Å²) in [6.07, 6.45) is 15.8. The molecule has 45 heavy (non-hydrogen) atoms. The molecule has 3 saturated carbocycles. The van der Waals surface area contributed by atoms with E-state index >= 15 is 4.39 Å². The van der Waals surface area contributed by atoms with Crippen LogP contribution in [0.1, 0.15) is 75.0 Å². The van der Waals surface area contributed by atoms with Crippen molar-refractivity contribution in [1.29, 1.82) is 0 Å². The van der Waals surface area contributed by atoms with Gasteiger partial charge in [0.05, 0.1) is 23.5 Å². The van der Waals surface area contributed by atoms with Gasteiger partial charge in [-0.05, 0) is 94.5 Å². The Morgan fingerprint density at radius 2 is 1.96 bits per heavy atom. The van der Waals surface area contributed by atoms with Crippen molar-refractivity contribution in [2.24, 2.45) is 11.3 Å². The second kappa shape index (κ2) is 10.3. The highest BCUT2D eigenvalue weighted by atomic mass is 19.1. The number of piperidine rings is 1. The molecule has 0 radical (unpaired) electrons. The van der Waals surface area contributed by atoms with Crippen LogP contribution in [0.5, 0.6) is 11.8 Å². The van der Waals surface area contributed by atoms with Crippen molar-refractivity contribution < 1.29 is 23.7 Å². The molecule has 1 aliphatic heterocycles. The fourth-order valence-corrected chi connectivity index (χ4v) is 8.91. The van der Waals surface area contributed by atoms with Gasteiger partial charge < -0.3 is 19.8 Å². The van der Waals surface area contributed by atoms with Gasteiger partial charge in [-0.2, -0.15) is 9.97 Å². The molecule has 5 unspecified atom stereocenters. The second-order valence-corrected chi connectivity index (χ2v) is 13.9. The van der Waals surface area contributed by atoms with Crippen LogP contribution in [0, 0.1) is 35.3 Å². The summed E-state index contributed by atoms with van der Waals surface area (Å²) >= 11 is 0. The molecule has 3 aliphatic carbocycles. The van der Waals surface area contributed by atoms with Crippen LogP contribution in [0.4, 0.5) is 8.78 Å². The first-order valence-electron chi connectivity index (χ1n) is 16.0. The maximum Gasteiger partial charge on any atom is 0.317 e. The summed E-state index contributed by atoms with van der Waals surface area (Å²) in [4.78, 5) is 16.5. The van der Waals surface area contributed by atoms with E-state index in [1.54, 1.807) is 6.20 Å². The molecule has 2 aromatic heterocycles. The van der Waals surface area contributed by atoms with Crippen LogP contribution in [0.15, 0.2) is 30.5 Å². The zero-order valence-corrected chi connectivity index (χ0v) is 25.3. The molecule has 232 valence electrons. The minimum absolute atomic E-state index is 0.00480. The van der Waals surface area contributed by atoms with Crippen molar-refractivity contribution in [3.05, 3.63) is 53.4 Å². The van der Waals surface area contributed by atoms with Gasteiger partial charge in [0.15, 0.2) is 5.82 Å². The zero-order valence-electron chi connectivity index (χ0n) is 25.3. The van der Waals surface area contributed by atoms with E-state index in [2.05, 4.69) is 27.8 Å². The Balaban J connectivity index is 1.27. The van der Waals surface area contributed by atoms with Crippen molar-refractivity contribution in [2.45, 2.75) is 75.3 Å². The Kier molecular flexibility index (Phi) is 6.56. The quantitative estimate of drug-likeness (QED) is 0.250. The summed E-state index contributed by atoms with van der Waals surface area (Å²) in [5.74, 6) is 1.12. The van der Waals surface area contributed by atoms with Gasteiger partial charge in [-0.15, -0.1) is 6.42 Å². The number of phenols is 1. The topological polar surface area (TPSA) is 91.6 Å². The predicted octanol–water partition coefficient (Wildman–Crippen LogP) is 6.47. The molecule has 3 heterocycles. The van der Waals surface area contributed by atoms with E-state index < -0.39 is 17.2 Å². The lowest BCUT2D eigenvalue weighted by molar-refractivity contribution is 0.0131. The van der Waals surface area contributed by atoms with Crippen LogP contribution in [-0.2, 0) is 0 Å². The van der Waals surface area contributed by atoms with Crippen LogP contribution in [0.2, 0.25) is 0 Å². The molecule has 1 saturated heterocycles. The van der Waals surface area contributed by atoms with Crippen molar-refractivity contribution in [3.8, 4) is 35.4 Å². The Bertz CT molecular complexity index is 1910. The maximum absolute atomic E-state index is 16.8. The van der Waals surface area contributed by atoms with E-state index in [1.807, 2.05) is 0 Å². The molecule has 0 amide bonds. The molecule has 5 atom stereocenters. The van der Waals surface area contributed by atoms with Crippen molar-refractivity contribution in [2.75, 3.05) is 20.2 Å². The Labute approximate surface area is 260 Å². The number of nitrogens with zero attached hydrogens (tertiary/aromatic N) is 4. The van der Waals surface area contributed by atoms with E-state index in [0.29, 0.717) is 41.5 Å². The van der Waals surface area contributed by atoms with E-state index in [-0.39, 0.29) is 50.8 Å².